The summed E-state index contributed by atoms with van der Waals surface area (Å²) in [6.45, 7) is 1.45. The Bertz CT molecular complexity index is 683. The minimum Gasteiger partial charge on any atom is -0.349 e. The molecular weight excluding hydrogens is 410 g/mol. The van der Waals surface area contributed by atoms with E-state index >= 15 is 0 Å². The van der Waals surface area contributed by atoms with Gasteiger partial charge in [0.2, 0.25) is 5.91 Å². The molecule has 0 aromatic heterocycles. The van der Waals surface area contributed by atoms with Gasteiger partial charge in [0.15, 0.2) is 5.78 Å². The third kappa shape index (κ3) is 4.52. The molecule has 2 aromatic rings. The van der Waals surface area contributed by atoms with Crippen LogP contribution in [0.3, 0.4) is 0 Å². The highest BCUT2D eigenvalue weighted by Crippen LogP contribution is 2.27. The van der Waals surface area contributed by atoms with Crippen molar-refractivity contribution in [3.63, 3.8) is 0 Å². The van der Waals surface area contributed by atoms with Crippen LogP contribution in [0.25, 0.3) is 0 Å². The molecule has 0 bridgehead atoms. The second-order valence-electron chi connectivity index (χ2n) is 4.91. The summed E-state index contributed by atoms with van der Waals surface area (Å²) in [6.07, 6.45) is 0.212. The van der Waals surface area contributed by atoms with Gasteiger partial charge in [-0.05, 0) is 23.8 Å². The molecular formula is C17H15Br2NO2. The zero-order valence-electron chi connectivity index (χ0n) is 12.0. The lowest BCUT2D eigenvalue weighted by Crippen LogP contribution is -2.28. The molecule has 0 saturated carbocycles. The first-order valence-electron chi connectivity index (χ1n) is 6.77. The molecule has 0 fully saturated rings. The first-order chi connectivity index (χ1) is 10.5. The molecule has 0 saturated heterocycles. The number of nitrogens with one attached hydrogen (secondary N) is 1. The van der Waals surface area contributed by atoms with E-state index in [4.69, 9.17) is 0 Å². The Morgan fingerprint density at radius 1 is 1.05 bits per heavy atom. The van der Waals surface area contributed by atoms with Gasteiger partial charge in [-0.3, -0.25) is 9.59 Å². The fourth-order valence-corrected chi connectivity index (χ4v) is 3.01. The molecule has 2 rings (SSSR count). The van der Waals surface area contributed by atoms with Crippen LogP contribution < -0.4 is 5.32 Å². The number of carbonyl (C=O) groups excluding carboxylic acids is 2. The van der Waals surface area contributed by atoms with Gasteiger partial charge in [-0.2, -0.15) is 0 Å². The molecule has 0 aliphatic carbocycles. The second-order valence-corrected chi connectivity index (χ2v) is 6.68. The Hall–Kier alpha value is -1.46. The van der Waals surface area contributed by atoms with Crippen molar-refractivity contribution in [2.45, 2.75) is 19.4 Å². The summed E-state index contributed by atoms with van der Waals surface area (Å²) in [6, 6.07) is 14.4. The van der Waals surface area contributed by atoms with Crippen molar-refractivity contribution in [1.29, 1.82) is 0 Å². The van der Waals surface area contributed by atoms with Crippen molar-refractivity contribution in [2.75, 3.05) is 0 Å². The minimum atomic E-state index is -0.357. The van der Waals surface area contributed by atoms with Gasteiger partial charge in [0.25, 0.3) is 0 Å². The summed E-state index contributed by atoms with van der Waals surface area (Å²) in [5, 5.41) is 2.85. The molecule has 1 unspecified atom stereocenters. The second kappa shape index (κ2) is 7.70. The van der Waals surface area contributed by atoms with Gasteiger partial charge in [-0.1, -0.05) is 62.2 Å². The van der Waals surface area contributed by atoms with E-state index in [2.05, 4.69) is 37.2 Å². The number of rotatable bonds is 5. The van der Waals surface area contributed by atoms with Crippen LogP contribution in [0.4, 0.5) is 0 Å². The molecule has 0 radical (unpaired) electrons. The van der Waals surface area contributed by atoms with Gasteiger partial charge in [-0.15, -0.1) is 0 Å². The van der Waals surface area contributed by atoms with Crippen LogP contribution in [0.5, 0.6) is 0 Å². The highest BCUT2D eigenvalue weighted by Gasteiger charge is 2.20. The molecule has 0 aliphatic rings. The third-order valence-electron chi connectivity index (χ3n) is 3.21. The molecule has 22 heavy (non-hydrogen) atoms. The first kappa shape index (κ1) is 16.9. The maximum Gasteiger partial charge on any atom is 0.217 e. The number of benzene rings is 2. The summed E-state index contributed by atoms with van der Waals surface area (Å²) in [5.41, 5.74) is 1.52. The van der Waals surface area contributed by atoms with Crippen molar-refractivity contribution in [1.82, 2.24) is 5.32 Å². The van der Waals surface area contributed by atoms with Crippen molar-refractivity contribution < 1.29 is 9.59 Å². The van der Waals surface area contributed by atoms with Gasteiger partial charge in [0, 0.05) is 27.9 Å². The molecule has 1 atom stereocenters. The SMILES string of the molecule is CC(=O)NC(CC(=O)c1ccc(Br)cc1)c1ccccc1Br. The predicted octanol–water partition coefficient (Wildman–Crippen LogP) is 4.66. The van der Waals surface area contributed by atoms with E-state index < -0.39 is 0 Å². The van der Waals surface area contributed by atoms with E-state index in [0.717, 1.165) is 14.5 Å². The Morgan fingerprint density at radius 3 is 2.27 bits per heavy atom. The monoisotopic (exact) mass is 423 g/mol. The lowest BCUT2D eigenvalue weighted by Gasteiger charge is -2.19. The molecule has 1 N–H and O–H groups in total. The van der Waals surface area contributed by atoms with Gasteiger partial charge in [-0.25, -0.2) is 0 Å². The highest BCUT2D eigenvalue weighted by atomic mass is 79.9. The molecule has 1 amide bonds. The molecule has 114 valence electrons. The van der Waals surface area contributed by atoms with Gasteiger partial charge in [0.05, 0.1) is 6.04 Å². The number of amides is 1. The number of hydrogen-bond acceptors (Lipinski definition) is 2. The molecule has 2 aromatic carbocycles. The molecule has 5 heteroatoms. The smallest absolute Gasteiger partial charge is 0.217 e. The number of halogens is 2. The fraction of sp³-hybridized carbons (Fsp3) is 0.176. The Balaban J connectivity index is 2.23. The normalized spacial score (nSPS) is 11.8. The molecule has 0 heterocycles. The number of hydrogen-bond donors (Lipinski definition) is 1. The largest absolute Gasteiger partial charge is 0.349 e. The van der Waals surface area contributed by atoms with Crippen molar-refractivity contribution in [2.24, 2.45) is 0 Å². The lowest BCUT2D eigenvalue weighted by molar-refractivity contribution is -0.119. The molecule has 0 spiro atoms. The maximum absolute atomic E-state index is 12.5. The average molecular weight is 425 g/mol. The van der Waals surface area contributed by atoms with Crippen LogP contribution in [0.1, 0.15) is 35.3 Å². The quantitative estimate of drug-likeness (QED) is 0.709. The summed E-state index contributed by atoms with van der Waals surface area (Å²) >= 11 is 6.82. The Morgan fingerprint density at radius 2 is 1.68 bits per heavy atom. The standard InChI is InChI=1S/C17H15Br2NO2/c1-11(21)20-16(14-4-2-3-5-15(14)19)10-17(22)12-6-8-13(18)9-7-12/h2-9,16H,10H2,1H3,(H,20,21). The summed E-state index contributed by atoms with van der Waals surface area (Å²) in [5.74, 6) is -0.175. The minimum absolute atomic E-state index is 0.0120. The average Bonchev–Trinajstić information content (AvgIpc) is 2.47. The van der Waals surface area contributed by atoms with E-state index in [9.17, 15) is 9.59 Å². The number of carbonyl (C=O) groups is 2. The Kier molecular flexibility index (Phi) is 5.91. The number of Topliss-reactive ketones (excluding diaryl/α,β-unsaturated/α-hetero) is 1. The first-order valence-corrected chi connectivity index (χ1v) is 8.36. The van der Waals surface area contributed by atoms with Crippen LogP contribution in [-0.2, 0) is 4.79 Å². The van der Waals surface area contributed by atoms with Crippen LogP contribution in [0.2, 0.25) is 0 Å². The Labute approximate surface area is 146 Å². The predicted molar refractivity (Wildman–Crippen MR) is 93.8 cm³/mol. The van der Waals surface area contributed by atoms with Gasteiger partial charge >= 0.3 is 0 Å². The zero-order valence-corrected chi connectivity index (χ0v) is 15.1. The van der Waals surface area contributed by atoms with E-state index in [1.807, 2.05) is 36.4 Å². The number of ketones is 1. The van der Waals surface area contributed by atoms with E-state index in [-0.39, 0.29) is 24.2 Å². The van der Waals surface area contributed by atoms with Crippen molar-refractivity contribution >= 4 is 43.6 Å². The van der Waals surface area contributed by atoms with Crippen LogP contribution in [-0.4, -0.2) is 11.7 Å². The summed E-state index contributed by atoms with van der Waals surface area (Å²) in [4.78, 5) is 23.9. The summed E-state index contributed by atoms with van der Waals surface area (Å²) < 4.78 is 1.80. The van der Waals surface area contributed by atoms with Gasteiger partial charge in [0.1, 0.15) is 0 Å². The van der Waals surface area contributed by atoms with Crippen LogP contribution in [0, 0.1) is 0 Å². The molecule has 0 aliphatic heterocycles. The van der Waals surface area contributed by atoms with Crippen LogP contribution >= 0.6 is 31.9 Å². The van der Waals surface area contributed by atoms with E-state index in [0.29, 0.717) is 5.56 Å². The van der Waals surface area contributed by atoms with E-state index in [1.54, 1.807) is 12.1 Å². The highest BCUT2D eigenvalue weighted by molar-refractivity contribution is 9.10. The molecule has 3 nitrogen and oxygen atoms in total. The fourth-order valence-electron chi connectivity index (χ4n) is 2.18. The third-order valence-corrected chi connectivity index (χ3v) is 4.46. The summed E-state index contributed by atoms with van der Waals surface area (Å²) in [7, 11) is 0. The topological polar surface area (TPSA) is 46.2 Å². The lowest BCUT2D eigenvalue weighted by atomic mass is 9.98. The van der Waals surface area contributed by atoms with E-state index in [1.165, 1.54) is 6.92 Å². The van der Waals surface area contributed by atoms with Crippen molar-refractivity contribution in [3.8, 4) is 0 Å². The maximum atomic E-state index is 12.5. The zero-order chi connectivity index (χ0) is 16.1. The van der Waals surface area contributed by atoms with Crippen molar-refractivity contribution in [3.05, 3.63) is 68.6 Å². The van der Waals surface area contributed by atoms with Crippen LogP contribution in [0.15, 0.2) is 57.5 Å². The van der Waals surface area contributed by atoms with Gasteiger partial charge < -0.3 is 5.32 Å².